The summed E-state index contributed by atoms with van der Waals surface area (Å²) in [5.41, 5.74) is 0.424. The van der Waals surface area contributed by atoms with Crippen LogP contribution in [0.4, 0.5) is 0 Å². The fourth-order valence-corrected chi connectivity index (χ4v) is 2.08. The molecule has 2 unspecified atom stereocenters. The Hall–Kier alpha value is -0.530. The fraction of sp³-hybridized carbons (Fsp3) is 0.909. The summed E-state index contributed by atoms with van der Waals surface area (Å²) < 4.78 is 0. The Kier molecular flexibility index (Phi) is 2.09. The Morgan fingerprint density at radius 1 is 1.54 bits per heavy atom. The summed E-state index contributed by atoms with van der Waals surface area (Å²) in [5, 5.41) is 3.08. The fourth-order valence-electron chi connectivity index (χ4n) is 2.08. The van der Waals surface area contributed by atoms with Crippen molar-refractivity contribution in [2.24, 2.45) is 17.3 Å². The first-order valence-electron chi connectivity index (χ1n) is 5.38. The van der Waals surface area contributed by atoms with E-state index in [-0.39, 0.29) is 0 Å². The molecule has 2 saturated carbocycles. The third-order valence-electron chi connectivity index (χ3n) is 3.70. The molecule has 0 saturated heterocycles. The van der Waals surface area contributed by atoms with Crippen molar-refractivity contribution in [1.29, 1.82) is 0 Å². The maximum absolute atomic E-state index is 11.5. The summed E-state index contributed by atoms with van der Waals surface area (Å²) >= 11 is 0. The van der Waals surface area contributed by atoms with Crippen LogP contribution in [0.1, 0.15) is 39.5 Å². The smallest absolute Gasteiger partial charge is 0.223 e. The van der Waals surface area contributed by atoms with E-state index in [1.807, 2.05) is 0 Å². The number of nitrogens with one attached hydrogen (secondary N) is 1. The zero-order valence-corrected chi connectivity index (χ0v) is 8.60. The molecule has 0 aromatic carbocycles. The number of carbonyl (C=O) groups is 1. The molecule has 0 heterocycles. The molecule has 0 aliphatic heterocycles. The molecule has 2 fully saturated rings. The average Bonchev–Trinajstić information content (AvgIpc) is 2.75. The topological polar surface area (TPSA) is 29.1 Å². The van der Waals surface area contributed by atoms with Gasteiger partial charge in [-0.2, -0.15) is 0 Å². The summed E-state index contributed by atoms with van der Waals surface area (Å²) in [6.45, 7) is 5.32. The van der Waals surface area contributed by atoms with Gasteiger partial charge in [0.15, 0.2) is 0 Å². The molecule has 2 nitrogen and oxygen atoms in total. The third-order valence-corrected chi connectivity index (χ3v) is 3.70. The van der Waals surface area contributed by atoms with Crippen LogP contribution in [0, 0.1) is 17.3 Å². The van der Waals surface area contributed by atoms with Gasteiger partial charge in [-0.25, -0.2) is 0 Å². The predicted octanol–water partition coefficient (Wildman–Crippen LogP) is 1.95. The van der Waals surface area contributed by atoms with E-state index < -0.39 is 0 Å². The lowest BCUT2D eigenvalue weighted by atomic mass is 9.70. The lowest BCUT2D eigenvalue weighted by Crippen LogP contribution is -2.40. The van der Waals surface area contributed by atoms with Crippen molar-refractivity contribution in [2.75, 3.05) is 6.54 Å². The molecule has 0 spiro atoms. The standard InChI is InChI=1S/C11H19NO/c1-8-6-9(8)10(13)12-7-11(2)4-3-5-11/h8-9H,3-7H2,1-2H3,(H,12,13). The van der Waals surface area contributed by atoms with Crippen molar-refractivity contribution >= 4 is 5.91 Å². The molecule has 1 N–H and O–H groups in total. The maximum atomic E-state index is 11.5. The number of amides is 1. The highest BCUT2D eigenvalue weighted by Crippen LogP contribution is 2.41. The van der Waals surface area contributed by atoms with Crippen LogP contribution in [0.2, 0.25) is 0 Å². The molecular formula is C11H19NO. The first-order valence-corrected chi connectivity index (χ1v) is 5.38. The molecule has 0 aromatic rings. The maximum Gasteiger partial charge on any atom is 0.223 e. The van der Waals surface area contributed by atoms with Gasteiger partial charge in [0.25, 0.3) is 0 Å². The summed E-state index contributed by atoms with van der Waals surface area (Å²) in [5.74, 6) is 1.26. The van der Waals surface area contributed by atoms with E-state index in [1.165, 1.54) is 19.3 Å². The van der Waals surface area contributed by atoms with Crippen LogP contribution in [0.25, 0.3) is 0 Å². The first-order chi connectivity index (χ1) is 6.11. The van der Waals surface area contributed by atoms with Crippen LogP contribution in [-0.2, 0) is 4.79 Å². The van der Waals surface area contributed by atoms with Gasteiger partial charge in [0.2, 0.25) is 5.91 Å². The van der Waals surface area contributed by atoms with Crippen LogP contribution in [0.5, 0.6) is 0 Å². The van der Waals surface area contributed by atoms with Crippen molar-refractivity contribution < 1.29 is 4.79 Å². The molecule has 0 aromatic heterocycles. The van der Waals surface area contributed by atoms with Gasteiger partial charge >= 0.3 is 0 Å². The summed E-state index contributed by atoms with van der Waals surface area (Å²) in [7, 11) is 0. The van der Waals surface area contributed by atoms with E-state index in [1.54, 1.807) is 0 Å². The van der Waals surface area contributed by atoms with Gasteiger partial charge < -0.3 is 5.32 Å². The number of hydrogen-bond acceptors (Lipinski definition) is 1. The van der Waals surface area contributed by atoms with Gasteiger partial charge in [-0.3, -0.25) is 4.79 Å². The van der Waals surface area contributed by atoms with Gasteiger partial charge in [0.1, 0.15) is 0 Å². The molecule has 0 radical (unpaired) electrons. The quantitative estimate of drug-likeness (QED) is 0.708. The third kappa shape index (κ3) is 1.87. The Morgan fingerprint density at radius 2 is 2.15 bits per heavy atom. The summed E-state index contributed by atoms with van der Waals surface area (Å²) in [6.07, 6.45) is 5.01. The van der Waals surface area contributed by atoms with Crippen LogP contribution in [0.15, 0.2) is 0 Å². The van der Waals surface area contributed by atoms with Crippen LogP contribution < -0.4 is 5.32 Å². The second-order valence-corrected chi connectivity index (χ2v) is 5.20. The highest BCUT2D eigenvalue weighted by atomic mass is 16.2. The summed E-state index contributed by atoms with van der Waals surface area (Å²) in [4.78, 5) is 11.5. The molecule has 2 heteroatoms. The average molecular weight is 181 g/mol. The van der Waals surface area contributed by atoms with E-state index >= 15 is 0 Å². The Balaban J connectivity index is 1.70. The number of carbonyl (C=O) groups excluding carboxylic acids is 1. The molecule has 2 atom stereocenters. The molecule has 13 heavy (non-hydrogen) atoms. The highest BCUT2D eigenvalue weighted by Gasteiger charge is 2.40. The predicted molar refractivity (Wildman–Crippen MR) is 52.2 cm³/mol. The van der Waals surface area contributed by atoms with Gasteiger partial charge in [-0.15, -0.1) is 0 Å². The van der Waals surface area contributed by atoms with Crippen LogP contribution in [0.3, 0.4) is 0 Å². The van der Waals surface area contributed by atoms with Crippen molar-refractivity contribution in [3.63, 3.8) is 0 Å². The van der Waals surface area contributed by atoms with Gasteiger partial charge in [-0.05, 0) is 30.6 Å². The SMILES string of the molecule is CC1CC1C(=O)NCC1(C)CCC1. The lowest BCUT2D eigenvalue weighted by Gasteiger charge is -2.38. The minimum absolute atomic E-state index is 0.292. The molecule has 2 aliphatic rings. The molecule has 1 amide bonds. The second kappa shape index (κ2) is 3.00. The minimum atomic E-state index is 0.292. The normalized spacial score (nSPS) is 34.9. The van der Waals surface area contributed by atoms with E-state index in [4.69, 9.17) is 0 Å². The van der Waals surface area contributed by atoms with E-state index in [9.17, 15) is 4.79 Å². The van der Waals surface area contributed by atoms with Crippen molar-refractivity contribution in [3.8, 4) is 0 Å². The van der Waals surface area contributed by atoms with E-state index in [2.05, 4.69) is 19.2 Å². The highest BCUT2D eigenvalue weighted by molar-refractivity contribution is 5.81. The second-order valence-electron chi connectivity index (χ2n) is 5.20. The molecular weight excluding hydrogens is 162 g/mol. The first kappa shape index (κ1) is 9.04. The zero-order chi connectivity index (χ0) is 9.47. The van der Waals surface area contributed by atoms with Crippen molar-refractivity contribution in [3.05, 3.63) is 0 Å². The largest absolute Gasteiger partial charge is 0.355 e. The molecule has 74 valence electrons. The van der Waals surface area contributed by atoms with Crippen LogP contribution in [-0.4, -0.2) is 12.5 Å². The van der Waals surface area contributed by atoms with E-state index in [0.29, 0.717) is 23.2 Å². The molecule has 2 rings (SSSR count). The van der Waals surface area contributed by atoms with Gasteiger partial charge in [0.05, 0.1) is 0 Å². The molecule has 2 aliphatic carbocycles. The lowest BCUT2D eigenvalue weighted by molar-refractivity contribution is -0.123. The van der Waals surface area contributed by atoms with Crippen molar-refractivity contribution in [1.82, 2.24) is 5.32 Å². The monoisotopic (exact) mass is 181 g/mol. The minimum Gasteiger partial charge on any atom is -0.355 e. The Morgan fingerprint density at radius 3 is 2.54 bits per heavy atom. The van der Waals surface area contributed by atoms with Gasteiger partial charge in [-0.1, -0.05) is 20.3 Å². The Labute approximate surface area is 80.1 Å². The Bertz CT molecular complexity index is 220. The number of rotatable bonds is 3. The summed E-state index contributed by atoms with van der Waals surface area (Å²) in [6, 6.07) is 0. The zero-order valence-electron chi connectivity index (χ0n) is 8.60. The molecule has 0 bridgehead atoms. The van der Waals surface area contributed by atoms with Crippen molar-refractivity contribution in [2.45, 2.75) is 39.5 Å². The number of hydrogen-bond donors (Lipinski definition) is 1. The van der Waals surface area contributed by atoms with Gasteiger partial charge in [0, 0.05) is 12.5 Å². The van der Waals surface area contributed by atoms with E-state index in [0.717, 1.165) is 13.0 Å². The van der Waals surface area contributed by atoms with Crippen LogP contribution >= 0.6 is 0 Å².